The smallest absolute Gasteiger partial charge is 0.221 e. The number of allylic oxidation sites excluding steroid dienone is 1. The van der Waals surface area contributed by atoms with Crippen LogP contribution in [0.1, 0.15) is 65.7 Å². The van der Waals surface area contributed by atoms with Crippen LogP contribution in [-0.2, 0) is 19.1 Å². The summed E-state index contributed by atoms with van der Waals surface area (Å²) >= 11 is 4.19. The highest BCUT2D eigenvalue weighted by Gasteiger charge is 2.79. The van der Waals surface area contributed by atoms with Crippen LogP contribution in [0, 0.1) is 22.7 Å². The number of ketones is 1. The number of hydrogen-bond donors (Lipinski definition) is 2. The number of halogens is 2. The number of fused-ring (bicyclic) bond motifs is 7. The molecule has 4 fully saturated rings. The van der Waals surface area contributed by atoms with Gasteiger partial charge in [0.15, 0.2) is 17.7 Å². The maximum atomic E-state index is 17.2. The number of aliphatic hydroxyl groups is 1. The van der Waals surface area contributed by atoms with Gasteiger partial charge in [0.2, 0.25) is 5.12 Å². The van der Waals surface area contributed by atoms with Gasteiger partial charge in [0.25, 0.3) is 0 Å². The lowest BCUT2D eigenvalue weighted by atomic mass is 9.43. The first-order valence-corrected chi connectivity index (χ1v) is 12.2. The van der Waals surface area contributed by atoms with E-state index in [1.807, 2.05) is 13.8 Å². The van der Waals surface area contributed by atoms with Crippen LogP contribution in [0.3, 0.4) is 0 Å². The van der Waals surface area contributed by atoms with Crippen LogP contribution in [0.15, 0.2) is 11.6 Å². The summed E-state index contributed by atoms with van der Waals surface area (Å²) in [5, 5.41) is 10.9. The zero-order chi connectivity index (χ0) is 23.3. The average molecular weight is 471 g/mol. The molecule has 178 valence electrons. The molecule has 0 aromatic carbocycles. The normalized spacial score (nSPS) is 54.3. The molecule has 0 radical (unpaired) electrons. The van der Waals surface area contributed by atoms with Gasteiger partial charge < -0.3 is 14.6 Å². The minimum atomic E-state index is -2.10. The summed E-state index contributed by atoms with van der Waals surface area (Å²) < 4.78 is 45.0. The first kappa shape index (κ1) is 22.9. The Balaban J connectivity index is 1.61. The van der Waals surface area contributed by atoms with E-state index in [4.69, 9.17) is 9.47 Å². The van der Waals surface area contributed by atoms with Crippen LogP contribution >= 0.6 is 12.6 Å². The number of carbonyl (C=O) groups is 2. The van der Waals surface area contributed by atoms with Crippen molar-refractivity contribution in [2.24, 2.45) is 22.7 Å². The third kappa shape index (κ3) is 2.50. The average Bonchev–Trinajstić information content (AvgIpc) is 3.19. The Bertz CT molecular complexity index is 896. The maximum Gasteiger partial charge on any atom is 0.221 e. The lowest BCUT2D eigenvalue weighted by Crippen LogP contribution is -2.71. The Kier molecular flexibility index (Phi) is 5.08. The van der Waals surface area contributed by atoms with Crippen molar-refractivity contribution < 1.29 is 33.0 Å². The molecule has 32 heavy (non-hydrogen) atoms. The highest BCUT2D eigenvalue weighted by molar-refractivity contribution is 7.96. The largest absolute Gasteiger partial charge is 0.390 e. The molecule has 1 N–H and O–H groups in total. The van der Waals surface area contributed by atoms with Gasteiger partial charge >= 0.3 is 0 Å². The predicted molar refractivity (Wildman–Crippen MR) is 115 cm³/mol. The molecular formula is C24H32F2O5S. The quantitative estimate of drug-likeness (QED) is 0.613. The summed E-state index contributed by atoms with van der Waals surface area (Å²) in [6.45, 7) is 5.49. The molecule has 8 heteroatoms. The monoisotopic (exact) mass is 470 g/mol. The SMILES string of the molecule is CCC[C@@H]1O[C@@H]2C[C@H]3[C@@H]4C[C@H](F)C5=CC(=O)CC[C@]5(C)[C@@]4(F)[C@@H](O)C[C@]3(C)[C@]2(C(=O)S)O1. The molecule has 1 aliphatic heterocycles. The van der Waals surface area contributed by atoms with Crippen molar-refractivity contribution in [3.8, 4) is 0 Å². The number of thiol groups is 1. The molecule has 0 aromatic rings. The van der Waals surface area contributed by atoms with Gasteiger partial charge in [-0.1, -0.05) is 27.2 Å². The van der Waals surface area contributed by atoms with E-state index >= 15 is 8.78 Å². The Morgan fingerprint density at radius 1 is 1.31 bits per heavy atom. The van der Waals surface area contributed by atoms with Crippen molar-refractivity contribution in [3.63, 3.8) is 0 Å². The van der Waals surface area contributed by atoms with Crippen LogP contribution in [0.4, 0.5) is 8.78 Å². The number of rotatable bonds is 3. The number of alkyl halides is 2. The molecule has 0 bridgehead atoms. The molecule has 3 saturated carbocycles. The van der Waals surface area contributed by atoms with E-state index in [0.717, 1.165) is 6.42 Å². The molecule has 0 unspecified atom stereocenters. The minimum Gasteiger partial charge on any atom is -0.390 e. The highest BCUT2D eigenvalue weighted by atomic mass is 32.1. The van der Waals surface area contributed by atoms with Crippen molar-refractivity contribution >= 4 is 23.5 Å². The molecule has 5 aliphatic rings. The number of carbonyl (C=O) groups excluding carboxylic acids is 2. The van der Waals surface area contributed by atoms with Crippen molar-refractivity contribution in [1.29, 1.82) is 0 Å². The Labute approximate surface area is 192 Å². The van der Waals surface area contributed by atoms with Crippen LogP contribution in [0.2, 0.25) is 0 Å². The van der Waals surface area contributed by atoms with Gasteiger partial charge in [0.05, 0.1) is 12.2 Å². The van der Waals surface area contributed by atoms with E-state index in [-0.39, 0.29) is 37.0 Å². The molecule has 1 saturated heterocycles. The Hall–Kier alpha value is -0.830. The van der Waals surface area contributed by atoms with Crippen molar-refractivity contribution in [1.82, 2.24) is 0 Å². The third-order valence-corrected chi connectivity index (χ3v) is 9.99. The van der Waals surface area contributed by atoms with Crippen LogP contribution in [-0.4, -0.2) is 51.9 Å². The van der Waals surface area contributed by atoms with Gasteiger partial charge in [-0.05, 0) is 49.7 Å². The second-order valence-corrected chi connectivity index (χ2v) is 11.4. The topological polar surface area (TPSA) is 72.8 Å². The first-order chi connectivity index (χ1) is 15.0. The van der Waals surface area contributed by atoms with E-state index < -0.39 is 63.7 Å². The standard InChI is InChI=1S/C24H32F2O5S/c1-4-5-19-30-18-10-13-14-9-16(25)15-8-12(27)6-7-21(15,2)23(14,26)17(28)11-22(13,3)24(18,31-19)20(29)32/h8,13-14,16-19,28H,4-7,9-11H2,1-3H3,(H,29,32)/t13-,14-,16-,17-,18+,19+,21-,22-,23-,24-/m0/s1. The van der Waals surface area contributed by atoms with Crippen LogP contribution in [0.25, 0.3) is 0 Å². The van der Waals surface area contributed by atoms with Crippen molar-refractivity contribution in [2.45, 2.75) is 102 Å². The molecular weight excluding hydrogens is 438 g/mol. The predicted octanol–water partition coefficient (Wildman–Crippen LogP) is 3.88. The first-order valence-electron chi connectivity index (χ1n) is 11.8. The summed E-state index contributed by atoms with van der Waals surface area (Å²) in [5.41, 5.74) is -5.54. The second-order valence-electron chi connectivity index (χ2n) is 11.0. The Morgan fingerprint density at radius 2 is 2.03 bits per heavy atom. The molecule has 0 amide bonds. The molecule has 0 aromatic heterocycles. The maximum absolute atomic E-state index is 17.2. The minimum absolute atomic E-state index is 0.0105. The van der Waals surface area contributed by atoms with Gasteiger partial charge in [-0.3, -0.25) is 9.59 Å². The molecule has 5 nitrogen and oxygen atoms in total. The van der Waals surface area contributed by atoms with Crippen LogP contribution in [0.5, 0.6) is 0 Å². The number of hydrogen-bond acceptors (Lipinski definition) is 5. The molecule has 0 spiro atoms. The summed E-state index contributed by atoms with van der Waals surface area (Å²) in [6, 6.07) is 0. The fraction of sp³-hybridized carbons (Fsp3) is 0.833. The van der Waals surface area contributed by atoms with E-state index in [1.54, 1.807) is 6.92 Å². The van der Waals surface area contributed by atoms with Gasteiger partial charge in [0.1, 0.15) is 11.8 Å². The van der Waals surface area contributed by atoms with Crippen LogP contribution < -0.4 is 0 Å². The molecule has 4 aliphatic carbocycles. The summed E-state index contributed by atoms with van der Waals surface area (Å²) in [5.74, 6) is -1.45. The van der Waals surface area contributed by atoms with Gasteiger partial charge in [-0.2, -0.15) is 0 Å². The van der Waals surface area contributed by atoms with Gasteiger partial charge in [0, 0.05) is 23.2 Å². The summed E-state index contributed by atoms with van der Waals surface area (Å²) in [7, 11) is 0. The van der Waals surface area contributed by atoms with Gasteiger partial charge in [-0.25, -0.2) is 8.78 Å². The zero-order valence-electron chi connectivity index (χ0n) is 18.8. The fourth-order valence-electron chi connectivity index (χ4n) is 8.11. The van der Waals surface area contributed by atoms with E-state index in [0.29, 0.717) is 12.8 Å². The molecule has 5 rings (SSSR count). The summed E-state index contributed by atoms with van der Waals surface area (Å²) in [6.07, 6.45) is -0.866. The lowest BCUT2D eigenvalue weighted by Gasteiger charge is -2.63. The van der Waals surface area contributed by atoms with E-state index in [1.165, 1.54) is 6.08 Å². The fourth-order valence-corrected chi connectivity index (χ4v) is 8.56. The van der Waals surface area contributed by atoms with E-state index in [9.17, 15) is 14.7 Å². The molecule has 1 heterocycles. The lowest BCUT2D eigenvalue weighted by molar-refractivity contribution is -0.240. The van der Waals surface area contributed by atoms with Crippen molar-refractivity contribution in [3.05, 3.63) is 11.6 Å². The number of ether oxygens (including phenoxy) is 2. The number of aliphatic hydroxyl groups excluding tert-OH is 1. The Morgan fingerprint density at radius 3 is 2.69 bits per heavy atom. The zero-order valence-corrected chi connectivity index (χ0v) is 19.7. The van der Waals surface area contributed by atoms with Crippen molar-refractivity contribution in [2.75, 3.05) is 0 Å². The third-order valence-electron chi connectivity index (χ3n) is 9.66. The molecule has 10 atom stereocenters. The van der Waals surface area contributed by atoms with Gasteiger partial charge in [-0.15, -0.1) is 12.6 Å². The highest BCUT2D eigenvalue weighted by Crippen LogP contribution is 2.72. The second kappa shape index (κ2) is 7.09. The van der Waals surface area contributed by atoms with E-state index in [2.05, 4.69) is 12.6 Å². The summed E-state index contributed by atoms with van der Waals surface area (Å²) in [4.78, 5) is 25.0.